The van der Waals surface area contributed by atoms with Crippen LogP contribution in [-0.2, 0) is 4.84 Å². The Morgan fingerprint density at radius 3 is 2.32 bits per heavy atom. The highest BCUT2D eigenvalue weighted by molar-refractivity contribution is 6.36. The van der Waals surface area contributed by atoms with Crippen molar-refractivity contribution in [3.8, 4) is 0 Å². The van der Waals surface area contributed by atoms with E-state index in [2.05, 4.69) is 5.16 Å². The molecule has 0 unspecified atom stereocenters. The van der Waals surface area contributed by atoms with Crippen LogP contribution >= 0.6 is 23.2 Å². The standard InChI is InChI=1S/C16H14Cl2N2O2/c1-9-5-10(2)7-11(6-9)16(21)22-20-15(19)13-4-3-12(17)8-14(13)18/h3-8H,1-2H3,(H2,19,20). The normalized spacial score (nSPS) is 11.4. The van der Waals surface area contributed by atoms with Gasteiger partial charge in [0, 0.05) is 10.6 Å². The fourth-order valence-corrected chi connectivity index (χ4v) is 2.49. The Kier molecular flexibility index (Phi) is 5.06. The summed E-state index contributed by atoms with van der Waals surface area (Å²) in [5, 5.41) is 4.45. The predicted molar refractivity (Wildman–Crippen MR) is 88.5 cm³/mol. The number of aryl methyl sites for hydroxylation is 2. The van der Waals surface area contributed by atoms with E-state index in [1.807, 2.05) is 19.9 Å². The fraction of sp³-hybridized carbons (Fsp3) is 0.125. The van der Waals surface area contributed by atoms with Crippen molar-refractivity contribution in [2.24, 2.45) is 10.9 Å². The number of carbonyl (C=O) groups is 1. The minimum atomic E-state index is -0.583. The topological polar surface area (TPSA) is 64.7 Å². The highest BCUT2D eigenvalue weighted by atomic mass is 35.5. The Balaban J connectivity index is 2.18. The number of carbonyl (C=O) groups excluding carboxylic acids is 1. The van der Waals surface area contributed by atoms with Gasteiger partial charge in [-0.15, -0.1) is 0 Å². The van der Waals surface area contributed by atoms with E-state index in [4.69, 9.17) is 33.8 Å². The van der Waals surface area contributed by atoms with Crippen LogP contribution in [0.15, 0.2) is 41.6 Å². The maximum Gasteiger partial charge on any atom is 0.365 e. The first-order valence-electron chi connectivity index (χ1n) is 6.45. The summed E-state index contributed by atoms with van der Waals surface area (Å²) in [5.74, 6) is -0.584. The highest BCUT2D eigenvalue weighted by Crippen LogP contribution is 2.20. The van der Waals surface area contributed by atoms with Crippen LogP contribution in [0.2, 0.25) is 10.0 Å². The zero-order valence-corrected chi connectivity index (χ0v) is 13.6. The van der Waals surface area contributed by atoms with Gasteiger partial charge in [-0.05, 0) is 44.2 Å². The van der Waals surface area contributed by atoms with Crippen LogP contribution in [0.4, 0.5) is 0 Å². The molecule has 4 nitrogen and oxygen atoms in total. The molecule has 0 spiro atoms. The van der Waals surface area contributed by atoms with Gasteiger partial charge in [0.25, 0.3) is 0 Å². The van der Waals surface area contributed by atoms with E-state index in [0.29, 0.717) is 21.2 Å². The Bertz CT molecular complexity index is 738. The lowest BCUT2D eigenvalue weighted by molar-refractivity contribution is 0.0516. The molecule has 6 heteroatoms. The molecule has 2 N–H and O–H groups in total. The van der Waals surface area contributed by atoms with Gasteiger partial charge in [0.1, 0.15) is 0 Å². The molecule has 0 aromatic heterocycles. The van der Waals surface area contributed by atoms with Gasteiger partial charge in [0.15, 0.2) is 5.84 Å². The van der Waals surface area contributed by atoms with Gasteiger partial charge in [0.05, 0.1) is 10.6 Å². The van der Waals surface area contributed by atoms with Crippen molar-refractivity contribution in [3.05, 3.63) is 68.7 Å². The molecule has 0 saturated carbocycles. The third-order valence-electron chi connectivity index (χ3n) is 2.89. The quantitative estimate of drug-likeness (QED) is 0.397. The summed E-state index contributed by atoms with van der Waals surface area (Å²) in [5.41, 5.74) is 8.56. The van der Waals surface area contributed by atoms with Gasteiger partial charge in [-0.1, -0.05) is 45.6 Å². The summed E-state index contributed by atoms with van der Waals surface area (Å²) < 4.78 is 0. The van der Waals surface area contributed by atoms with Gasteiger partial charge in [-0.2, -0.15) is 0 Å². The zero-order valence-electron chi connectivity index (χ0n) is 12.1. The van der Waals surface area contributed by atoms with Crippen LogP contribution in [0, 0.1) is 13.8 Å². The number of benzene rings is 2. The molecule has 0 amide bonds. The Morgan fingerprint density at radius 1 is 1.09 bits per heavy atom. The monoisotopic (exact) mass is 336 g/mol. The number of nitrogens with two attached hydrogens (primary N) is 1. The number of amidine groups is 1. The number of rotatable bonds is 3. The molecule has 2 aromatic carbocycles. The highest BCUT2D eigenvalue weighted by Gasteiger charge is 2.11. The number of halogens is 2. The minimum Gasteiger partial charge on any atom is -0.380 e. The van der Waals surface area contributed by atoms with Crippen molar-refractivity contribution in [1.29, 1.82) is 0 Å². The second-order valence-corrected chi connectivity index (χ2v) is 5.70. The van der Waals surface area contributed by atoms with Gasteiger partial charge < -0.3 is 10.6 Å². The summed E-state index contributed by atoms with van der Waals surface area (Å²) in [6.07, 6.45) is 0. The van der Waals surface area contributed by atoms with Crippen molar-refractivity contribution in [2.45, 2.75) is 13.8 Å². The third-order valence-corrected chi connectivity index (χ3v) is 3.44. The van der Waals surface area contributed by atoms with Crippen LogP contribution in [-0.4, -0.2) is 11.8 Å². The molecule has 114 valence electrons. The molecule has 0 aliphatic rings. The average Bonchev–Trinajstić information content (AvgIpc) is 2.43. The van der Waals surface area contributed by atoms with E-state index in [-0.39, 0.29) is 5.84 Å². The second-order valence-electron chi connectivity index (χ2n) is 4.86. The van der Waals surface area contributed by atoms with E-state index >= 15 is 0 Å². The van der Waals surface area contributed by atoms with Crippen molar-refractivity contribution in [2.75, 3.05) is 0 Å². The van der Waals surface area contributed by atoms with Crippen LogP contribution < -0.4 is 5.73 Å². The number of hydrogen-bond acceptors (Lipinski definition) is 3. The first kappa shape index (κ1) is 16.3. The number of nitrogens with zero attached hydrogens (tertiary/aromatic N) is 1. The largest absolute Gasteiger partial charge is 0.380 e. The first-order valence-corrected chi connectivity index (χ1v) is 7.21. The Labute approximate surface area is 138 Å². The summed E-state index contributed by atoms with van der Waals surface area (Å²) in [7, 11) is 0. The number of hydrogen-bond donors (Lipinski definition) is 1. The first-order chi connectivity index (χ1) is 10.4. The molecule has 0 atom stereocenters. The van der Waals surface area contributed by atoms with Gasteiger partial charge in [-0.3, -0.25) is 0 Å². The van der Waals surface area contributed by atoms with Crippen molar-refractivity contribution in [3.63, 3.8) is 0 Å². The van der Waals surface area contributed by atoms with E-state index in [0.717, 1.165) is 11.1 Å². The van der Waals surface area contributed by atoms with Gasteiger partial charge in [0.2, 0.25) is 0 Å². The molecule has 0 fully saturated rings. The molecule has 0 bridgehead atoms. The Hall–Kier alpha value is -2.04. The lowest BCUT2D eigenvalue weighted by Crippen LogP contribution is -2.16. The van der Waals surface area contributed by atoms with Crippen molar-refractivity contribution >= 4 is 35.0 Å². The Morgan fingerprint density at radius 2 is 1.73 bits per heavy atom. The SMILES string of the molecule is Cc1cc(C)cc(C(=O)O/N=C(\N)c2ccc(Cl)cc2Cl)c1. The van der Waals surface area contributed by atoms with Gasteiger partial charge >= 0.3 is 5.97 Å². The van der Waals surface area contributed by atoms with Crippen LogP contribution in [0.1, 0.15) is 27.0 Å². The summed E-state index contributed by atoms with van der Waals surface area (Å²) in [6.45, 7) is 3.80. The third kappa shape index (κ3) is 4.00. The van der Waals surface area contributed by atoms with E-state index < -0.39 is 5.97 Å². The predicted octanol–water partition coefficient (Wildman–Crippen LogP) is 4.09. The second kappa shape index (κ2) is 6.81. The van der Waals surface area contributed by atoms with Crippen molar-refractivity contribution in [1.82, 2.24) is 0 Å². The average molecular weight is 337 g/mol. The maximum atomic E-state index is 12.0. The fourth-order valence-electron chi connectivity index (χ4n) is 1.98. The molecule has 2 aromatic rings. The molecule has 0 aliphatic carbocycles. The summed E-state index contributed by atoms with van der Waals surface area (Å²) >= 11 is 11.8. The summed E-state index contributed by atoms with van der Waals surface area (Å²) in [6, 6.07) is 10.2. The van der Waals surface area contributed by atoms with Crippen LogP contribution in [0.3, 0.4) is 0 Å². The van der Waals surface area contributed by atoms with Crippen LogP contribution in [0.5, 0.6) is 0 Å². The lowest BCUT2D eigenvalue weighted by Gasteiger charge is -2.05. The lowest BCUT2D eigenvalue weighted by atomic mass is 10.1. The molecular formula is C16H14Cl2N2O2. The molecule has 2 rings (SSSR count). The molecule has 0 saturated heterocycles. The molecule has 0 heterocycles. The van der Waals surface area contributed by atoms with Gasteiger partial charge in [-0.25, -0.2) is 4.79 Å². The van der Waals surface area contributed by atoms with Crippen molar-refractivity contribution < 1.29 is 9.63 Å². The molecule has 0 aliphatic heterocycles. The minimum absolute atomic E-state index is 0.000563. The van der Waals surface area contributed by atoms with Crippen LogP contribution in [0.25, 0.3) is 0 Å². The van der Waals surface area contributed by atoms with E-state index in [1.165, 1.54) is 6.07 Å². The zero-order chi connectivity index (χ0) is 16.3. The molecular weight excluding hydrogens is 323 g/mol. The van der Waals surface area contributed by atoms with E-state index in [1.54, 1.807) is 24.3 Å². The summed E-state index contributed by atoms with van der Waals surface area (Å²) in [4.78, 5) is 16.9. The maximum absolute atomic E-state index is 12.0. The molecule has 22 heavy (non-hydrogen) atoms. The molecule has 0 radical (unpaired) electrons. The smallest absolute Gasteiger partial charge is 0.365 e. The van der Waals surface area contributed by atoms with E-state index in [9.17, 15) is 4.79 Å². The number of oxime groups is 1.